The number of amides is 2. The maximum atomic E-state index is 13.0. The molecule has 1 fully saturated rings. The van der Waals surface area contributed by atoms with Gasteiger partial charge >= 0.3 is 5.97 Å². The van der Waals surface area contributed by atoms with E-state index in [1.807, 2.05) is 0 Å². The van der Waals surface area contributed by atoms with Crippen LogP contribution < -0.4 is 10.6 Å². The van der Waals surface area contributed by atoms with Crippen LogP contribution in [0, 0.1) is 11.2 Å². The summed E-state index contributed by atoms with van der Waals surface area (Å²) in [4.78, 5) is 36.5. The lowest BCUT2D eigenvalue weighted by Crippen LogP contribution is -2.44. The van der Waals surface area contributed by atoms with Crippen LogP contribution in [0.2, 0.25) is 0 Å². The zero-order valence-electron chi connectivity index (χ0n) is 15.9. The summed E-state index contributed by atoms with van der Waals surface area (Å²) in [7, 11) is 0. The van der Waals surface area contributed by atoms with Gasteiger partial charge in [0.15, 0.2) is 0 Å². The Balaban J connectivity index is 1.65. The van der Waals surface area contributed by atoms with Crippen molar-refractivity contribution in [2.75, 3.05) is 11.9 Å². The maximum absolute atomic E-state index is 13.0. The van der Waals surface area contributed by atoms with Gasteiger partial charge in [0.05, 0.1) is 5.41 Å². The molecular weight excluding hydrogens is 375 g/mol. The highest BCUT2D eigenvalue weighted by molar-refractivity contribution is 6.05. The third-order valence-electron chi connectivity index (χ3n) is 5.34. The molecule has 1 aliphatic carbocycles. The number of aliphatic carboxylic acids is 1. The summed E-state index contributed by atoms with van der Waals surface area (Å²) in [5, 5.41) is 15.0. The van der Waals surface area contributed by atoms with Gasteiger partial charge in [-0.15, -0.1) is 0 Å². The number of carbonyl (C=O) groups excluding carboxylic acids is 2. The fourth-order valence-corrected chi connectivity index (χ4v) is 3.59. The number of hydrogen-bond donors (Lipinski definition) is 3. The van der Waals surface area contributed by atoms with E-state index in [0.29, 0.717) is 29.7 Å². The number of carbonyl (C=O) groups is 3. The molecule has 2 aromatic rings. The van der Waals surface area contributed by atoms with Crippen molar-refractivity contribution in [1.82, 2.24) is 5.32 Å². The van der Waals surface area contributed by atoms with Crippen molar-refractivity contribution in [2.45, 2.75) is 32.1 Å². The van der Waals surface area contributed by atoms with Crippen LogP contribution in [-0.4, -0.2) is 29.4 Å². The fraction of sp³-hybridized carbons (Fsp3) is 0.318. The number of hydrogen-bond acceptors (Lipinski definition) is 3. The number of benzene rings is 2. The molecule has 1 aliphatic rings. The highest BCUT2D eigenvalue weighted by Crippen LogP contribution is 2.36. The molecule has 1 saturated carbocycles. The molecule has 0 radical (unpaired) electrons. The van der Waals surface area contributed by atoms with Crippen molar-refractivity contribution < 1.29 is 23.9 Å². The van der Waals surface area contributed by atoms with Crippen molar-refractivity contribution in [3.63, 3.8) is 0 Å². The predicted molar refractivity (Wildman–Crippen MR) is 106 cm³/mol. The first-order chi connectivity index (χ1) is 13.9. The second-order valence-corrected chi connectivity index (χ2v) is 7.37. The minimum absolute atomic E-state index is 0.0767. The zero-order valence-corrected chi connectivity index (χ0v) is 15.9. The summed E-state index contributed by atoms with van der Waals surface area (Å²) in [6.45, 7) is 0.0767. The lowest BCUT2D eigenvalue weighted by Gasteiger charge is -2.33. The Morgan fingerprint density at radius 3 is 2.28 bits per heavy atom. The van der Waals surface area contributed by atoms with E-state index in [-0.39, 0.29) is 6.54 Å². The Morgan fingerprint density at radius 1 is 0.931 bits per heavy atom. The van der Waals surface area contributed by atoms with E-state index in [0.717, 1.165) is 19.3 Å². The van der Waals surface area contributed by atoms with Crippen molar-refractivity contribution in [2.24, 2.45) is 5.41 Å². The number of halogens is 1. The summed E-state index contributed by atoms with van der Waals surface area (Å²) >= 11 is 0. The SMILES string of the molecule is O=C(NCC1(C(=O)O)CCCCC1)c1cccc(NC(=O)c2ccc(F)cc2)c1. The average Bonchev–Trinajstić information content (AvgIpc) is 2.73. The molecule has 29 heavy (non-hydrogen) atoms. The van der Waals surface area contributed by atoms with E-state index < -0.39 is 29.0 Å². The first-order valence-electron chi connectivity index (χ1n) is 9.58. The quantitative estimate of drug-likeness (QED) is 0.689. The van der Waals surface area contributed by atoms with Crippen LogP contribution in [0.4, 0.5) is 10.1 Å². The summed E-state index contributed by atoms with van der Waals surface area (Å²) < 4.78 is 13.0. The van der Waals surface area contributed by atoms with Crippen molar-refractivity contribution in [1.29, 1.82) is 0 Å². The lowest BCUT2D eigenvalue weighted by atomic mass is 9.74. The van der Waals surface area contributed by atoms with Gasteiger partial charge in [-0.1, -0.05) is 25.3 Å². The first-order valence-corrected chi connectivity index (χ1v) is 9.58. The van der Waals surface area contributed by atoms with Crippen LogP contribution in [0.1, 0.15) is 52.8 Å². The number of nitrogens with one attached hydrogen (secondary N) is 2. The molecule has 0 aromatic heterocycles. The van der Waals surface area contributed by atoms with Crippen LogP contribution in [0.15, 0.2) is 48.5 Å². The van der Waals surface area contributed by atoms with Crippen LogP contribution in [-0.2, 0) is 4.79 Å². The van der Waals surface area contributed by atoms with Gasteiger partial charge in [0, 0.05) is 23.4 Å². The molecule has 152 valence electrons. The molecule has 3 N–H and O–H groups in total. The summed E-state index contributed by atoms with van der Waals surface area (Å²) in [5.74, 6) is -2.13. The molecule has 0 bridgehead atoms. The minimum atomic E-state index is -0.914. The molecule has 0 heterocycles. The summed E-state index contributed by atoms with van der Waals surface area (Å²) in [5.41, 5.74) is 0.111. The Kier molecular flexibility index (Phi) is 6.26. The van der Waals surface area contributed by atoms with Gasteiger partial charge in [-0.25, -0.2) is 4.39 Å². The normalized spacial score (nSPS) is 15.3. The van der Waals surface area contributed by atoms with Gasteiger partial charge in [-0.05, 0) is 55.3 Å². The molecule has 7 heteroatoms. The molecule has 2 amide bonds. The molecule has 0 aliphatic heterocycles. The molecular formula is C22H23FN2O4. The van der Waals surface area contributed by atoms with E-state index in [1.165, 1.54) is 30.3 Å². The third-order valence-corrected chi connectivity index (χ3v) is 5.34. The number of carboxylic acids is 1. The van der Waals surface area contributed by atoms with Gasteiger partial charge in [0.1, 0.15) is 5.82 Å². The highest BCUT2D eigenvalue weighted by Gasteiger charge is 2.39. The summed E-state index contributed by atoms with van der Waals surface area (Å²) in [6.07, 6.45) is 3.80. The van der Waals surface area contributed by atoms with E-state index >= 15 is 0 Å². The molecule has 0 atom stereocenters. The highest BCUT2D eigenvalue weighted by atomic mass is 19.1. The number of anilines is 1. The van der Waals surface area contributed by atoms with Gasteiger partial charge < -0.3 is 15.7 Å². The molecule has 3 rings (SSSR count). The standard InChI is InChI=1S/C22H23FN2O4/c23-17-9-7-15(8-10-17)20(27)25-18-6-4-5-16(13-18)19(26)24-14-22(21(28)29)11-2-1-3-12-22/h4-10,13H,1-3,11-12,14H2,(H,24,26)(H,25,27)(H,28,29). The van der Waals surface area contributed by atoms with Crippen molar-refractivity contribution in [3.05, 3.63) is 65.5 Å². The van der Waals surface area contributed by atoms with E-state index in [4.69, 9.17) is 0 Å². The van der Waals surface area contributed by atoms with Gasteiger partial charge in [-0.2, -0.15) is 0 Å². The largest absolute Gasteiger partial charge is 0.481 e. The van der Waals surface area contributed by atoms with E-state index in [1.54, 1.807) is 18.2 Å². The van der Waals surface area contributed by atoms with Crippen LogP contribution >= 0.6 is 0 Å². The lowest BCUT2D eigenvalue weighted by molar-refractivity contribution is -0.150. The van der Waals surface area contributed by atoms with Gasteiger partial charge in [-0.3, -0.25) is 14.4 Å². The zero-order chi connectivity index (χ0) is 20.9. The van der Waals surface area contributed by atoms with Crippen LogP contribution in [0.5, 0.6) is 0 Å². The molecule has 0 unspecified atom stereocenters. The monoisotopic (exact) mass is 398 g/mol. The van der Waals surface area contributed by atoms with Gasteiger partial charge in [0.25, 0.3) is 11.8 Å². The molecule has 6 nitrogen and oxygen atoms in total. The van der Waals surface area contributed by atoms with E-state index in [2.05, 4.69) is 10.6 Å². The second kappa shape index (κ2) is 8.86. The summed E-state index contributed by atoms with van der Waals surface area (Å²) in [6, 6.07) is 11.5. The predicted octanol–water partition coefficient (Wildman–Crippen LogP) is 3.84. The van der Waals surface area contributed by atoms with Gasteiger partial charge in [0.2, 0.25) is 0 Å². The van der Waals surface area contributed by atoms with Crippen molar-refractivity contribution in [3.8, 4) is 0 Å². The number of rotatable bonds is 6. The first kappa shape index (κ1) is 20.5. The average molecular weight is 398 g/mol. The minimum Gasteiger partial charge on any atom is -0.481 e. The Hall–Kier alpha value is -3.22. The molecule has 0 spiro atoms. The maximum Gasteiger partial charge on any atom is 0.311 e. The third kappa shape index (κ3) is 4.99. The Labute approximate surface area is 168 Å². The topological polar surface area (TPSA) is 95.5 Å². The molecule has 0 saturated heterocycles. The van der Waals surface area contributed by atoms with E-state index in [9.17, 15) is 23.9 Å². The second-order valence-electron chi connectivity index (χ2n) is 7.37. The Morgan fingerprint density at radius 2 is 1.62 bits per heavy atom. The Bertz CT molecular complexity index is 905. The van der Waals surface area contributed by atoms with Crippen LogP contribution in [0.25, 0.3) is 0 Å². The smallest absolute Gasteiger partial charge is 0.311 e. The molecule has 2 aromatic carbocycles. The fourth-order valence-electron chi connectivity index (χ4n) is 3.59. The van der Waals surface area contributed by atoms with Crippen LogP contribution in [0.3, 0.4) is 0 Å². The van der Waals surface area contributed by atoms with Crippen molar-refractivity contribution >= 4 is 23.5 Å². The number of carboxylic acid groups (broad SMARTS) is 1.